The lowest BCUT2D eigenvalue weighted by molar-refractivity contribution is -0.142. The second-order valence-corrected chi connectivity index (χ2v) is 6.35. The predicted molar refractivity (Wildman–Crippen MR) is 76.6 cm³/mol. The van der Waals surface area contributed by atoms with E-state index in [0.29, 0.717) is 10.9 Å². The summed E-state index contributed by atoms with van der Waals surface area (Å²) < 4.78 is 4.38. The minimum Gasteiger partial charge on any atom is -0.506 e. The van der Waals surface area contributed by atoms with Crippen LogP contribution in [0.4, 0.5) is 5.69 Å². The summed E-state index contributed by atoms with van der Waals surface area (Å²) in [5.41, 5.74) is 0.565. The number of methoxy groups -OCH3 is 1. The van der Waals surface area contributed by atoms with Crippen LogP contribution >= 0.6 is 11.8 Å². The lowest BCUT2D eigenvalue weighted by Crippen LogP contribution is -2.35. The molecule has 1 aliphatic heterocycles. The van der Waals surface area contributed by atoms with Gasteiger partial charge in [-0.3, -0.25) is 0 Å². The zero-order valence-electron chi connectivity index (χ0n) is 11.0. The summed E-state index contributed by atoms with van der Waals surface area (Å²) in [6, 6.07) is 6.34. The van der Waals surface area contributed by atoms with Crippen molar-refractivity contribution in [3.63, 3.8) is 0 Å². The quantitative estimate of drug-likeness (QED) is 0.642. The minimum atomic E-state index is -0.546. The summed E-state index contributed by atoms with van der Waals surface area (Å²) >= 11 is 1.45. The first-order valence-electron chi connectivity index (χ1n) is 5.83. The summed E-state index contributed by atoms with van der Waals surface area (Å²) in [4.78, 5) is 16.0. The maximum Gasteiger partial charge on any atom is 0.332 e. The molecule has 0 amide bonds. The molecule has 0 bridgehead atoms. The van der Waals surface area contributed by atoms with Crippen molar-refractivity contribution >= 4 is 28.6 Å². The van der Waals surface area contributed by atoms with Gasteiger partial charge in [-0.1, -0.05) is 23.9 Å². The number of rotatable bonds is 2. The zero-order valence-corrected chi connectivity index (χ0v) is 11.8. The van der Waals surface area contributed by atoms with E-state index >= 15 is 0 Å². The SMILES string of the molecule is COC(=O)[C@@H]1N=C(Nc2ccccc2O)SC1(C)C. The Hall–Kier alpha value is -1.69. The number of benzene rings is 1. The molecule has 1 atom stereocenters. The standard InChI is InChI=1S/C13H16N2O3S/c1-13(2)10(11(17)18-3)15-12(19-13)14-8-6-4-5-7-9(8)16/h4-7,10,16H,1-3H3,(H,14,15)/t10-/m0/s1. The van der Waals surface area contributed by atoms with Gasteiger partial charge in [0, 0.05) is 0 Å². The number of anilines is 1. The molecule has 1 aromatic carbocycles. The van der Waals surface area contributed by atoms with Gasteiger partial charge in [-0.05, 0) is 26.0 Å². The number of carbonyl (C=O) groups excluding carboxylic acids is 1. The molecule has 6 heteroatoms. The number of amidine groups is 1. The van der Waals surface area contributed by atoms with Crippen molar-refractivity contribution in [3.05, 3.63) is 24.3 Å². The predicted octanol–water partition coefficient (Wildman–Crippen LogP) is 2.23. The fourth-order valence-electron chi connectivity index (χ4n) is 1.80. The number of carbonyl (C=O) groups is 1. The Morgan fingerprint density at radius 1 is 1.47 bits per heavy atom. The Kier molecular flexibility index (Phi) is 3.71. The van der Waals surface area contributed by atoms with Gasteiger partial charge < -0.3 is 15.2 Å². The van der Waals surface area contributed by atoms with Crippen LogP contribution in [-0.2, 0) is 9.53 Å². The van der Waals surface area contributed by atoms with Crippen molar-refractivity contribution in [2.24, 2.45) is 4.99 Å². The molecular weight excluding hydrogens is 264 g/mol. The van der Waals surface area contributed by atoms with Gasteiger partial charge in [0.25, 0.3) is 0 Å². The van der Waals surface area contributed by atoms with Gasteiger partial charge in [0.1, 0.15) is 5.75 Å². The van der Waals surface area contributed by atoms with E-state index in [9.17, 15) is 9.90 Å². The topological polar surface area (TPSA) is 70.9 Å². The minimum absolute atomic E-state index is 0.144. The van der Waals surface area contributed by atoms with E-state index < -0.39 is 6.04 Å². The Morgan fingerprint density at radius 3 is 2.79 bits per heavy atom. The number of hydrogen-bond donors (Lipinski definition) is 2. The molecule has 5 nitrogen and oxygen atoms in total. The molecule has 0 radical (unpaired) electrons. The summed E-state index contributed by atoms with van der Waals surface area (Å²) in [6.07, 6.45) is 0. The fourth-order valence-corrected chi connectivity index (χ4v) is 2.88. The van der Waals surface area contributed by atoms with E-state index in [2.05, 4.69) is 10.3 Å². The second kappa shape index (κ2) is 5.13. The molecule has 1 heterocycles. The molecule has 0 aliphatic carbocycles. The van der Waals surface area contributed by atoms with E-state index in [0.717, 1.165) is 0 Å². The molecule has 1 aromatic rings. The molecule has 0 spiro atoms. The number of aliphatic imine (C=N–C) groups is 1. The van der Waals surface area contributed by atoms with E-state index in [1.165, 1.54) is 18.9 Å². The summed E-state index contributed by atoms with van der Waals surface area (Å²) in [5.74, 6) is -0.211. The highest BCUT2D eigenvalue weighted by atomic mass is 32.2. The molecule has 0 saturated carbocycles. The maximum atomic E-state index is 11.7. The van der Waals surface area contributed by atoms with E-state index in [-0.39, 0.29) is 16.5 Å². The Balaban J connectivity index is 2.19. The fraction of sp³-hybridized carbons (Fsp3) is 0.385. The molecule has 19 heavy (non-hydrogen) atoms. The number of esters is 1. The largest absolute Gasteiger partial charge is 0.506 e. The summed E-state index contributed by atoms with van der Waals surface area (Å²) in [7, 11) is 1.35. The van der Waals surface area contributed by atoms with Crippen molar-refractivity contribution in [3.8, 4) is 5.75 Å². The van der Waals surface area contributed by atoms with E-state index in [4.69, 9.17) is 4.74 Å². The first-order valence-corrected chi connectivity index (χ1v) is 6.65. The molecule has 2 N–H and O–H groups in total. The number of aromatic hydroxyl groups is 1. The van der Waals surface area contributed by atoms with Crippen molar-refractivity contribution in [1.82, 2.24) is 0 Å². The van der Waals surface area contributed by atoms with Crippen molar-refractivity contribution in [1.29, 1.82) is 0 Å². The van der Waals surface area contributed by atoms with Crippen LogP contribution < -0.4 is 5.32 Å². The lowest BCUT2D eigenvalue weighted by atomic mass is 10.0. The molecule has 0 aromatic heterocycles. The number of nitrogens with zero attached hydrogens (tertiary/aromatic N) is 1. The summed E-state index contributed by atoms with van der Waals surface area (Å²) in [6.45, 7) is 3.87. The van der Waals surface area contributed by atoms with Gasteiger partial charge in [-0.25, -0.2) is 9.79 Å². The van der Waals surface area contributed by atoms with Crippen LogP contribution in [0, 0.1) is 0 Å². The Morgan fingerprint density at radius 2 is 2.16 bits per heavy atom. The van der Waals surface area contributed by atoms with Crippen LogP contribution in [-0.4, -0.2) is 34.1 Å². The number of phenols is 1. The highest BCUT2D eigenvalue weighted by Crippen LogP contribution is 2.39. The third-order valence-corrected chi connectivity index (χ3v) is 3.98. The lowest BCUT2D eigenvalue weighted by Gasteiger charge is -2.21. The van der Waals surface area contributed by atoms with Gasteiger partial charge in [-0.15, -0.1) is 0 Å². The maximum absolute atomic E-state index is 11.7. The average molecular weight is 280 g/mol. The normalized spacial score (nSPS) is 20.8. The monoisotopic (exact) mass is 280 g/mol. The van der Waals surface area contributed by atoms with Gasteiger partial charge in [-0.2, -0.15) is 0 Å². The smallest absolute Gasteiger partial charge is 0.332 e. The number of ether oxygens (including phenoxy) is 1. The Bertz CT molecular complexity index is 528. The molecule has 0 unspecified atom stereocenters. The third-order valence-electron chi connectivity index (χ3n) is 2.83. The third kappa shape index (κ3) is 2.84. The van der Waals surface area contributed by atoms with Crippen LogP contribution in [0.5, 0.6) is 5.75 Å². The number of para-hydroxylation sites is 2. The molecule has 1 aliphatic rings. The Labute approximate surface area is 116 Å². The number of thioether (sulfide) groups is 1. The van der Waals surface area contributed by atoms with E-state index in [1.807, 2.05) is 19.9 Å². The van der Waals surface area contributed by atoms with Gasteiger partial charge in [0.2, 0.25) is 0 Å². The van der Waals surface area contributed by atoms with Crippen molar-refractivity contribution in [2.45, 2.75) is 24.6 Å². The highest BCUT2D eigenvalue weighted by Gasteiger charge is 2.43. The van der Waals surface area contributed by atoms with Crippen molar-refractivity contribution in [2.75, 3.05) is 12.4 Å². The van der Waals surface area contributed by atoms with Crippen LogP contribution in [0.1, 0.15) is 13.8 Å². The van der Waals surface area contributed by atoms with Gasteiger partial charge >= 0.3 is 5.97 Å². The van der Waals surface area contributed by atoms with E-state index in [1.54, 1.807) is 18.2 Å². The van der Waals surface area contributed by atoms with Crippen LogP contribution in [0.25, 0.3) is 0 Å². The molecule has 0 fully saturated rings. The van der Waals surface area contributed by atoms with Crippen LogP contribution in [0.2, 0.25) is 0 Å². The van der Waals surface area contributed by atoms with Crippen LogP contribution in [0.15, 0.2) is 29.3 Å². The van der Waals surface area contributed by atoms with Crippen molar-refractivity contribution < 1.29 is 14.6 Å². The molecule has 0 saturated heterocycles. The zero-order chi connectivity index (χ0) is 14.0. The molecule has 2 rings (SSSR count). The van der Waals surface area contributed by atoms with Gasteiger partial charge in [0.05, 0.1) is 17.5 Å². The first-order chi connectivity index (χ1) is 8.94. The number of phenolic OH excluding ortho intramolecular Hbond substituents is 1. The first kappa shape index (κ1) is 13.7. The number of hydrogen-bond acceptors (Lipinski definition) is 6. The summed E-state index contributed by atoms with van der Waals surface area (Å²) in [5, 5.41) is 13.3. The highest BCUT2D eigenvalue weighted by molar-refractivity contribution is 8.15. The average Bonchev–Trinajstić information content (AvgIpc) is 2.66. The molecule has 102 valence electrons. The number of nitrogens with one attached hydrogen (secondary N) is 1. The molecular formula is C13H16N2O3S. The van der Waals surface area contributed by atoms with Gasteiger partial charge in [0.15, 0.2) is 11.2 Å². The second-order valence-electron chi connectivity index (χ2n) is 4.71. The van der Waals surface area contributed by atoms with Crippen LogP contribution in [0.3, 0.4) is 0 Å².